The van der Waals surface area contributed by atoms with E-state index >= 15 is 0 Å². The van der Waals surface area contributed by atoms with E-state index in [0.717, 1.165) is 40.1 Å². The molecule has 31 heavy (non-hydrogen) atoms. The number of nitro benzene ring substituents is 1. The molecule has 0 atom stereocenters. The standard InChI is InChI=1S/C28H27NO2/c1-27(2)15-16-28(3,4)24-17-18(13-14-23(24)27)25-21-11-7-5-9-19(21)20-10-6-8-12-22(20)26(25)29(30)31/h5-14,17H,15-16H2,1-4H3. The minimum atomic E-state index is -0.210. The van der Waals surface area contributed by atoms with Crippen LogP contribution in [0, 0.1) is 10.1 Å². The summed E-state index contributed by atoms with van der Waals surface area (Å²) in [6, 6.07) is 22.2. The molecule has 0 amide bonds. The third-order valence-electron chi connectivity index (χ3n) is 7.23. The Bertz CT molecular complexity index is 1360. The third kappa shape index (κ3) is 2.95. The zero-order chi connectivity index (χ0) is 22.0. The van der Waals surface area contributed by atoms with Crippen LogP contribution in [0.15, 0.2) is 66.7 Å². The van der Waals surface area contributed by atoms with Crippen molar-refractivity contribution in [2.75, 3.05) is 0 Å². The predicted molar refractivity (Wildman–Crippen MR) is 129 cm³/mol. The molecule has 0 aromatic heterocycles. The lowest BCUT2D eigenvalue weighted by molar-refractivity contribution is -0.382. The molecule has 1 aliphatic carbocycles. The lowest BCUT2D eigenvalue weighted by Crippen LogP contribution is -2.33. The minimum Gasteiger partial charge on any atom is -0.258 e. The monoisotopic (exact) mass is 409 g/mol. The summed E-state index contributed by atoms with van der Waals surface area (Å²) < 4.78 is 0. The first-order valence-electron chi connectivity index (χ1n) is 10.9. The Morgan fingerprint density at radius 2 is 1.23 bits per heavy atom. The summed E-state index contributed by atoms with van der Waals surface area (Å²) in [4.78, 5) is 12.2. The van der Waals surface area contributed by atoms with E-state index in [9.17, 15) is 10.1 Å². The average Bonchev–Trinajstić information content (AvgIpc) is 2.75. The molecule has 0 bridgehead atoms. The van der Waals surface area contributed by atoms with Crippen molar-refractivity contribution in [2.45, 2.75) is 51.4 Å². The molecule has 0 N–H and O–H groups in total. The highest BCUT2D eigenvalue weighted by atomic mass is 16.6. The Morgan fingerprint density at radius 3 is 1.84 bits per heavy atom. The van der Waals surface area contributed by atoms with Crippen LogP contribution < -0.4 is 0 Å². The molecule has 4 aromatic carbocycles. The summed E-state index contributed by atoms with van der Waals surface area (Å²) in [7, 11) is 0. The van der Waals surface area contributed by atoms with Crippen LogP contribution in [0.25, 0.3) is 32.7 Å². The van der Waals surface area contributed by atoms with Gasteiger partial charge in [-0.25, -0.2) is 0 Å². The van der Waals surface area contributed by atoms with Crippen LogP contribution in [0.3, 0.4) is 0 Å². The summed E-state index contributed by atoms with van der Waals surface area (Å²) in [6.07, 6.45) is 2.25. The van der Waals surface area contributed by atoms with Crippen LogP contribution in [-0.2, 0) is 10.8 Å². The summed E-state index contributed by atoms with van der Waals surface area (Å²) in [5, 5.41) is 16.0. The first kappa shape index (κ1) is 19.7. The maximum Gasteiger partial charge on any atom is 0.285 e. The van der Waals surface area contributed by atoms with E-state index in [1.807, 2.05) is 42.5 Å². The first-order valence-corrected chi connectivity index (χ1v) is 10.9. The zero-order valence-corrected chi connectivity index (χ0v) is 18.5. The molecule has 1 aliphatic rings. The lowest BCUT2D eigenvalue weighted by Gasteiger charge is -2.42. The predicted octanol–water partition coefficient (Wildman–Crippen LogP) is 7.92. The highest BCUT2D eigenvalue weighted by Gasteiger charge is 2.37. The van der Waals surface area contributed by atoms with Crippen molar-refractivity contribution < 1.29 is 4.92 Å². The molecule has 0 heterocycles. The van der Waals surface area contributed by atoms with Crippen LogP contribution in [0.1, 0.15) is 51.7 Å². The molecular weight excluding hydrogens is 382 g/mol. The van der Waals surface area contributed by atoms with E-state index < -0.39 is 0 Å². The second-order valence-corrected chi connectivity index (χ2v) is 10.1. The molecule has 0 radical (unpaired) electrons. The van der Waals surface area contributed by atoms with Crippen LogP contribution >= 0.6 is 0 Å². The van der Waals surface area contributed by atoms with Gasteiger partial charge in [0.25, 0.3) is 5.69 Å². The summed E-state index contributed by atoms with van der Waals surface area (Å²) in [5.41, 5.74) is 4.68. The smallest absolute Gasteiger partial charge is 0.258 e. The summed E-state index contributed by atoms with van der Waals surface area (Å²) in [5.74, 6) is 0. The third-order valence-corrected chi connectivity index (χ3v) is 7.23. The van der Waals surface area contributed by atoms with Gasteiger partial charge in [0, 0.05) is 0 Å². The van der Waals surface area contributed by atoms with Gasteiger partial charge in [0.2, 0.25) is 0 Å². The number of fused-ring (bicyclic) bond motifs is 4. The largest absolute Gasteiger partial charge is 0.285 e. The molecule has 0 saturated carbocycles. The van der Waals surface area contributed by atoms with Crippen LogP contribution in [0.2, 0.25) is 0 Å². The molecule has 0 fully saturated rings. The number of nitro groups is 1. The quantitative estimate of drug-likeness (QED) is 0.192. The van der Waals surface area contributed by atoms with Crippen molar-refractivity contribution in [1.29, 1.82) is 0 Å². The van der Waals surface area contributed by atoms with Crippen LogP contribution in [0.5, 0.6) is 0 Å². The van der Waals surface area contributed by atoms with Crippen molar-refractivity contribution in [1.82, 2.24) is 0 Å². The maximum atomic E-state index is 12.4. The molecule has 5 rings (SSSR count). The minimum absolute atomic E-state index is 0.0439. The number of nitrogens with zero attached hydrogens (tertiary/aromatic N) is 1. The molecule has 0 spiro atoms. The fourth-order valence-corrected chi connectivity index (χ4v) is 5.35. The Kier molecular flexibility index (Phi) is 4.23. The van der Waals surface area contributed by atoms with Crippen LogP contribution in [-0.4, -0.2) is 4.92 Å². The van der Waals surface area contributed by atoms with Crippen molar-refractivity contribution in [3.05, 3.63) is 88.0 Å². The van der Waals surface area contributed by atoms with E-state index in [2.05, 4.69) is 52.0 Å². The molecule has 156 valence electrons. The van der Waals surface area contributed by atoms with Crippen molar-refractivity contribution in [2.24, 2.45) is 0 Å². The first-order chi connectivity index (χ1) is 14.7. The molecule has 4 aromatic rings. The molecular formula is C28H27NO2. The van der Waals surface area contributed by atoms with Crippen molar-refractivity contribution in [3.63, 3.8) is 0 Å². The Balaban J connectivity index is 1.92. The number of hydrogen-bond acceptors (Lipinski definition) is 2. The van der Waals surface area contributed by atoms with Gasteiger partial charge in [0.15, 0.2) is 0 Å². The average molecular weight is 410 g/mol. The lowest BCUT2D eigenvalue weighted by atomic mass is 9.63. The van der Waals surface area contributed by atoms with Gasteiger partial charge in [-0.3, -0.25) is 10.1 Å². The van der Waals surface area contributed by atoms with Gasteiger partial charge in [0.05, 0.1) is 15.9 Å². The van der Waals surface area contributed by atoms with Gasteiger partial charge in [-0.15, -0.1) is 0 Å². The molecule has 0 aliphatic heterocycles. The maximum absolute atomic E-state index is 12.4. The number of benzene rings is 4. The van der Waals surface area contributed by atoms with Crippen LogP contribution in [0.4, 0.5) is 5.69 Å². The van der Waals surface area contributed by atoms with E-state index in [1.54, 1.807) is 0 Å². The summed E-state index contributed by atoms with van der Waals surface area (Å²) in [6.45, 7) is 9.18. The Labute approximate surface area is 182 Å². The zero-order valence-electron chi connectivity index (χ0n) is 18.5. The highest BCUT2D eigenvalue weighted by molar-refractivity contribution is 6.19. The number of hydrogen-bond donors (Lipinski definition) is 0. The molecule has 3 nitrogen and oxygen atoms in total. The SMILES string of the molecule is CC1(C)CCC(C)(C)c2cc(-c3c([N+](=O)[O-])c4ccccc4c4ccccc34)ccc21. The van der Waals surface area contributed by atoms with E-state index in [4.69, 9.17) is 0 Å². The van der Waals surface area contributed by atoms with Gasteiger partial charge < -0.3 is 0 Å². The topological polar surface area (TPSA) is 43.1 Å². The normalized spacial score (nSPS) is 16.9. The van der Waals surface area contributed by atoms with Gasteiger partial charge in [-0.2, -0.15) is 0 Å². The number of rotatable bonds is 2. The van der Waals surface area contributed by atoms with E-state index in [-0.39, 0.29) is 21.4 Å². The molecule has 0 unspecified atom stereocenters. The van der Waals surface area contributed by atoms with E-state index in [1.165, 1.54) is 11.1 Å². The van der Waals surface area contributed by atoms with Crippen molar-refractivity contribution in [3.8, 4) is 11.1 Å². The highest BCUT2D eigenvalue weighted by Crippen LogP contribution is 2.49. The van der Waals surface area contributed by atoms with E-state index in [0.29, 0.717) is 5.39 Å². The Morgan fingerprint density at radius 1 is 0.710 bits per heavy atom. The fraction of sp³-hybridized carbons (Fsp3) is 0.286. The second kappa shape index (κ2) is 6.65. The van der Waals surface area contributed by atoms with Crippen molar-refractivity contribution >= 4 is 27.2 Å². The molecule has 3 heteroatoms. The molecule has 0 saturated heterocycles. The van der Waals surface area contributed by atoms with Gasteiger partial charge in [-0.1, -0.05) is 88.4 Å². The second-order valence-electron chi connectivity index (χ2n) is 10.1. The van der Waals surface area contributed by atoms with Gasteiger partial charge >= 0.3 is 0 Å². The van der Waals surface area contributed by atoms with Gasteiger partial charge in [-0.05, 0) is 62.6 Å². The Hall–Kier alpha value is -3.20. The summed E-state index contributed by atoms with van der Waals surface area (Å²) >= 11 is 0. The fourth-order valence-electron chi connectivity index (χ4n) is 5.35. The van der Waals surface area contributed by atoms with Gasteiger partial charge in [0.1, 0.15) is 0 Å².